The Morgan fingerprint density at radius 3 is 2.40 bits per heavy atom. The first-order valence-corrected chi connectivity index (χ1v) is 9.84. The standard InChI is InChI=1S/C21H29NO2.ClH/c23-19(13-22-6-5-18-3-1-2-4-20(18)22)14-24-21-10-15-7-16(11-21)9-17(8-15)12-21;/h1-4,15-17,19,23H,5-14H2;1H. The normalized spacial score (nSPS) is 36.2. The van der Waals surface area contributed by atoms with Gasteiger partial charge >= 0.3 is 0 Å². The van der Waals surface area contributed by atoms with Gasteiger partial charge in [-0.25, -0.2) is 0 Å². The number of anilines is 1. The molecular formula is C21H30ClNO2. The maximum Gasteiger partial charge on any atom is 0.0948 e. The molecule has 1 aromatic rings. The number of hydrogen-bond acceptors (Lipinski definition) is 3. The van der Waals surface area contributed by atoms with Gasteiger partial charge in [0.2, 0.25) is 0 Å². The topological polar surface area (TPSA) is 32.7 Å². The molecule has 1 aliphatic heterocycles. The Bertz CT molecular complexity index is 584. The summed E-state index contributed by atoms with van der Waals surface area (Å²) in [6, 6.07) is 8.58. The van der Waals surface area contributed by atoms with Gasteiger partial charge in [0.25, 0.3) is 0 Å². The fourth-order valence-electron chi connectivity index (χ4n) is 6.38. The number of aliphatic hydroxyl groups is 1. The van der Waals surface area contributed by atoms with Crippen LogP contribution in [0.5, 0.6) is 0 Å². The molecule has 4 bridgehead atoms. The predicted octanol–water partition coefficient (Wildman–Crippen LogP) is 3.82. The summed E-state index contributed by atoms with van der Waals surface area (Å²) in [5, 5.41) is 10.6. The molecule has 5 aliphatic rings. The molecule has 0 saturated heterocycles. The van der Waals surface area contributed by atoms with Crippen LogP contribution >= 0.6 is 12.4 Å². The highest BCUT2D eigenvalue weighted by Gasteiger charge is 2.51. The van der Waals surface area contributed by atoms with Crippen LogP contribution in [0.2, 0.25) is 0 Å². The first kappa shape index (κ1) is 17.6. The number of ether oxygens (including phenoxy) is 1. The second kappa shape index (κ2) is 6.75. The van der Waals surface area contributed by atoms with E-state index in [4.69, 9.17) is 4.74 Å². The minimum Gasteiger partial charge on any atom is -0.389 e. The molecule has 25 heavy (non-hydrogen) atoms. The van der Waals surface area contributed by atoms with Crippen LogP contribution in [0.15, 0.2) is 24.3 Å². The molecule has 4 aliphatic carbocycles. The van der Waals surface area contributed by atoms with Gasteiger partial charge in [0.1, 0.15) is 0 Å². The van der Waals surface area contributed by atoms with E-state index in [9.17, 15) is 5.11 Å². The highest BCUT2D eigenvalue weighted by molar-refractivity contribution is 5.85. The van der Waals surface area contributed by atoms with E-state index in [2.05, 4.69) is 29.2 Å². The molecule has 0 spiro atoms. The third-order valence-corrected chi connectivity index (χ3v) is 6.98. The minimum absolute atomic E-state index is 0. The van der Waals surface area contributed by atoms with Gasteiger partial charge in [0.15, 0.2) is 0 Å². The van der Waals surface area contributed by atoms with Crippen molar-refractivity contribution in [2.45, 2.75) is 56.7 Å². The van der Waals surface area contributed by atoms with E-state index in [0.29, 0.717) is 13.2 Å². The van der Waals surface area contributed by atoms with Crippen LogP contribution in [-0.4, -0.2) is 36.5 Å². The number of rotatable bonds is 5. The zero-order valence-corrected chi connectivity index (χ0v) is 15.7. The Hall–Kier alpha value is -0.770. The summed E-state index contributed by atoms with van der Waals surface area (Å²) in [5.41, 5.74) is 2.82. The summed E-state index contributed by atoms with van der Waals surface area (Å²) in [6.45, 7) is 2.22. The van der Waals surface area contributed by atoms with E-state index in [1.165, 1.54) is 49.8 Å². The Morgan fingerprint density at radius 2 is 1.72 bits per heavy atom. The van der Waals surface area contributed by atoms with Gasteiger partial charge in [-0.05, 0) is 74.3 Å². The lowest BCUT2D eigenvalue weighted by atomic mass is 9.54. The Labute approximate surface area is 157 Å². The van der Waals surface area contributed by atoms with E-state index in [-0.39, 0.29) is 24.1 Å². The second-order valence-electron chi connectivity index (χ2n) is 8.89. The molecular weight excluding hydrogens is 334 g/mol. The molecule has 1 aromatic carbocycles. The molecule has 138 valence electrons. The molecule has 4 saturated carbocycles. The summed E-state index contributed by atoms with van der Waals surface area (Å²) < 4.78 is 6.43. The maximum atomic E-state index is 10.6. The molecule has 6 rings (SSSR count). The summed E-state index contributed by atoms with van der Waals surface area (Å²) >= 11 is 0. The number of aliphatic hydroxyl groups excluding tert-OH is 1. The molecule has 1 atom stereocenters. The minimum atomic E-state index is -0.385. The number of hydrogen-bond donors (Lipinski definition) is 1. The lowest BCUT2D eigenvalue weighted by Gasteiger charge is -2.56. The summed E-state index contributed by atoms with van der Waals surface area (Å²) in [6.07, 6.45) is 8.78. The van der Waals surface area contributed by atoms with Gasteiger partial charge in [-0.3, -0.25) is 0 Å². The Morgan fingerprint density at radius 1 is 1.08 bits per heavy atom. The van der Waals surface area contributed by atoms with Gasteiger partial charge in [-0.15, -0.1) is 12.4 Å². The summed E-state index contributed by atoms with van der Waals surface area (Å²) in [4.78, 5) is 2.32. The van der Waals surface area contributed by atoms with Crippen molar-refractivity contribution in [2.75, 3.05) is 24.6 Å². The van der Waals surface area contributed by atoms with Crippen molar-refractivity contribution in [2.24, 2.45) is 17.8 Å². The van der Waals surface area contributed by atoms with Crippen LogP contribution in [0.25, 0.3) is 0 Å². The van der Waals surface area contributed by atoms with Gasteiger partial charge in [-0.2, -0.15) is 0 Å². The van der Waals surface area contributed by atoms with Crippen molar-refractivity contribution in [3.63, 3.8) is 0 Å². The van der Waals surface area contributed by atoms with Crippen LogP contribution in [-0.2, 0) is 11.2 Å². The lowest BCUT2D eigenvalue weighted by molar-refractivity contribution is -0.174. The van der Waals surface area contributed by atoms with Crippen molar-refractivity contribution in [1.29, 1.82) is 0 Å². The monoisotopic (exact) mass is 363 g/mol. The van der Waals surface area contributed by atoms with Crippen LogP contribution in [0.3, 0.4) is 0 Å². The summed E-state index contributed by atoms with van der Waals surface area (Å²) in [7, 11) is 0. The first-order valence-electron chi connectivity index (χ1n) is 9.84. The molecule has 1 heterocycles. The van der Waals surface area contributed by atoms with Crippen LogP contribution in [0.4, 0.5) is 5.69 Å². The van der Waals surface area contributed by atoms with Crippen molar-refractivity contribution in [3.05, 3.63) is 29.8 Å². The molecule has 1 unspecified atom stereocenters. The summed E-state index contributed by atoms with van der Waals surface area (Å²) in [5.74, 6) is 2.71. The highest BCUT2D eigenvalue weighted by atomic mass is 35.5. The molecule has 0 aromatic heterocycles. The zero-order chi connectivity index (χ0) is 16.1. The predicted molar refractivity (Wildman–Crippen MR) is 102 cm³/mol. The highest BCUT2D eigenvalue weighted by Crippen LogP contribution is 2.57. The van der Waals surface area contributed by atoms with Crippen molar-refractivity contribution in [3.8, 4) is 0 Å². The van der Waals surface area contributed by atoms with E-state index in [0.717, 1.165) is 30.7 Å². The van der Waals surface area contributed by atoms with Gasteiger partial charge in [0, 0.05) is 18.8 Å². The van der Waals surface area contributed by atoms with Crippen molar-refractivity contribution < 1.29 is 9.84 Å². The Kier molecular flexibility index (Phi) is 4.76. The van der Waals surface area contributed by atoms with Crippen LogP contribution in [0.1, 0.15) is 44.1 Å². The van der Waals surface area contributed by atoms with Crippen molar-refractivity contribution >= 4 is 18.1 Å². The van der Waals surface area contributed by atoms with Gasteiger partial charge < -0.3 is 14.7 Å². The fourth-order valence-corrected chi connectivity index (χ4v) is 6.38. The molecule has 0 amide bonds. The smallest absolute Gasteiger partial charge is 0.0948 e. The fraction of sp³-hybridized carbons (Fsp3) is 0.714. The second-order valence-corrected chi connectivity index (χ2v) is 8.89. The Balaban J connectivity index is 0.00000157. The number of nitrogens with zero attached hydrogens (tertiary/aromatic N) is 1. The number of halogens is 1. The van der Waals surface area contributed by atoms with Gasteiger partial charge in [-0.1, -0.05) is 18.2 Å². The first-order chi connectivity index (χ1) is 11.7. The number of fused-ring (bicyclic) bond motifs is 1. The van der Waals surface area contributed by atoms with E-state index in [1.807, 2.05) is 0 Å². The van der Waals surface area contributed by atoms with Crippen LogP contribution in [0, 0.1) is 17.8 Å². The van der Waals surface area contributed by atoms with Crippen LogP contribution < -0.4 is 4.90 Å². The van der Waals surface area contributed by atoms with Gasteiger partial charge in [0.05, 0.1) is 18.3 Å². The lowest BCUT2D eigenvalue weighted by Crippen LogP contribution is -2.53. The number of β-amino-alcohol motifs (C(OH)–C–C–N with tert-alkyl or cyclic N) is 1. The molecule has 1 N–H and O–H groups in total. The van der Waals surface area contributed by atoms with E-state index in [1.54, 1.807) is 0 Å². The number of para-hydroxylation sites is 1. The molecule has 4 fully saturated rings. The van der Waals surface area contributed by atoms with Crippen molar-refractivity contribution in [1.82, 2.24) is 0 Å². The quantitative estimate of drug-likeness (QED) is 0.863. The number of benzene rings is 1. The molecule has 3 nitrogen and oxygen atoms in total. The maximum absolute atomic E-state index is 10.6. The largest absolute Gasteiger partial charge is 0.389 e. The van der Waals surface area contributed by atoms with E-state index < -0.39 is 0 Å². The SMILES string of the molecule is Cl.OC(COC12CC3CC(CC(C3)C1)C2)CN1CCc2ccccc21. The third kappa shape index (κ3) is 3.31. The average molecular weight is 364 g/mol. The third-order valence-electron chi connectivity index (χ3n) is 6.98. The average Bonchev–Trinajstić information content (AvgIpc) is 2.95. The zero-order valence-electron chi connectivity index (χ0n) is 14.9. The van der Waals surface area contributed by atoms with E-state index >= 15 is 0 Å². The molecule has 4 heteroatoms. The molecule has 0 radical (unpaired) electrons.